The van der Waals surface area contributed by atoms with E-state index in [1.165, 1.54) is 0 Å². The minimum atomic E-state index is -0.640. The topological polar surface area (TPSA) is 55.0 Å². The smallest absolute Gasteiger partial charge is 0.344 e. The van der Waals surface area contributed by atoms with Crippen molar-refractivity contribution < 1.29 is 7.48 Å². The molecule has 0 spiro atoms. The maximum atomic E-state index is 10.8. The fraction of sp³-hybridized carbons (Fsp3) is 0.429. The van der Waals surface area contributed by atoms with E-state index in [0.717, 1.165) is 0 Å². The lowest BCUT2D eigenvalue weighted by Gasteiger charge is -2.25. The van der Waals surface area contributed by atoms with Gasteiger partial charge < -0.3 is 9.72 Å². The molecule has 1 aliphatic rings. The maximum Gasteiger partial charge on any atom is 0.344 e. The molecule has 2 rings (SSSR count). The van der Waals surface area contributed by atoms with Crippen molar-refractivity contribution in [3.05, 3.63) is 28.4 Å². The second-order valence-corrected chi connectivity index (χ2v) is 2.43. The number of H-pyrrole nitrogens is 1. The van der Waals surface area contributed by atoms with Crippen molar-refractivity contribution in [2.45, 2.75) is 5.92 Å². The summed E-state index contributed by atoms with van der Waals surface area (Å²) in [7, 11) is 0. The van der Waals surface area contributed by atoms with Crippen LogP contribution in [0.3, 0.4) is 0 Å². The lowest BCUT2D eigenvalue weighted by atomic mass is 10.0. The molecule has 1 N–H and O–H groups in total. The van der Waals surface area contributed by atoms with Gasteiger partial charge >= 0.3 is 5.69 Å². The molecule has 1 aromatic rings. The number of aromatic nitrogens is 2. The highest BCUT2D eigenvalue weighted by molar-refractivity contribution is 5.12. The van der Waals surface area contributed by atoms with E-state index in [2.05, 4.69) is 9.97 Å². The molecular formula is C7H8N2O2. The van der Waals surface area contributed by atoms with Gasteiger partial charge in [0.05, 0.1) is 16.0 Å². The largest absolute Gasteiger partial charge is 0.380 e. The Morgan fingerprint density at radius 1 is 1.82 bits per heavy atom. The van der Waals surface area contributed by atoms with Gasteiger partial charge in [0.1, 0.15) is 0 Å². The van der Waals surface area contributed by atoms with Gasteiger partial charge in [-0.1, -0.05) is 0 Å². The molecule has 58 valence electrons. The van der Waals surface area contributed by atoms with E-state index in [1.54, 1.807) is 0 Å². The Bertz CT molecular complexity index is 360. The van der Waals surface area contributed by atoms with E-state index >= 15 is 0 Å². The van der Waals surface area contributed by atoms with Crippen molar-refractivity contribution in [2.75, 3.05) is 13.2 Å². The molecule has 4 heteroatoms. The third kappa shape index (κ3) is 1.17. The average molecular weight is 154 g/mol. The van der Waals surface area contributed by atoms with Crippen LogP contribution in [0.5, 0.6) is 0 Å². The van der Waals surface area contributed by atoms with E-state index < -0.39 is 5.69 Å². The maximum absolute atomic E-state index is 10.8. The van der Waals surface area contributed by atoms with Gasteiger partial charge in [-0.15, -0.1) is 0 Å². The van der Waals surface area contributed by atoms with Crippen LogP contribution < -0.4 is 5.69 Å². The van der Waals surface area contributed by atoms with Gasteiger partial charge in [0.15, 0.2) is 0 Å². The molecule has 0 aromatic carbocycles. The van der Waals surface area contributed by atoms with E-state index in [9.17, 15) is 4.79 Å². The molecular weight excluding hydrogens is 144 g/mol. The van der Waals surface area contributed by atoms with Gasteiger partial charge in [0, 0.05) is 18.3 Å². The monoisotopic (exact) mass is 154 g/mol. The van der Waals surface area contributed by atoms with Crippen molar-refractivity contribution in [1.82, 2.24) is 9.97 Å². The second kappa shape index (κ2) is 2.47. The summed E-state index contributed by atoms with van der Waals surface area (Å²) in [5, 5.41) is 0. The average Bonchev–Trinajstić information content (AvgIpc) is 1.92. The van der Waals surface area contributed by atoms with Crippen LogP contribution in [0.1, 0.15) is 14.2 Å². The molecule has 0 saturated carbocycles. The van der Waals surface area contributed by atoms with E-state index in [-0.39, 0.29) is 18.3 Å². The van der Waals surface area contributed by atoms with Crippen LogP contribution in [0.2, 0.25) is 0 Å². The summed E-state index contributed by atoms with van der Waals surface area (Å²) in [6.45, 7) is 1.01. The number of nitrogens with zero attached hydrogens (tertiary/aromatic N) is 1. The minimum Gasteiger partial charge on any atom is -0.380 e. The van der Waals surface area contributed by atoms with Crippen LogP contribution in [0.25, 0.3) is 0 Å². The first kappa shape index (κ1) is 4.66. The third-order valence-corrected chi connectivity index (χ3v) is 1.63. The van der Waals surface area contributed by atoms with Crippen LogP contribution in [0, 0.1) is 0 Å². The SMILES string of the molecule is [2H]c1nc(=O)[nH]c([2H])c1C1COC1. The molecule has 1 saturated heterocycles. The summed E-state index contributed by atoms with van der Waals surface area (Å²) < 4.78 is 19.8. The van der Waals surface area contributed by atoms with Crippen molar-refractivity contribution in [1.29, 1.82) is 0 Å². The molecule has 0 atom stereocenters. The minimum absolute atomic E-state index is 0.0155. The molecule has 4 nitrogen and oxygen atoms in total. The van der Waals surface area contributed by atoms with Crippen LogP contribution in [-0.4, -0.2) is 23.2 Å². The summed E-state index contributed by atoms with van der Waals surface area (Å²) in [4.78, 5) is 16.4. The Morgan fingerprint density at radius 2 is 2.64 bits per heavy atom. The normalized spacial score (nSPS) is 20.4. The van der Waals surface area contributed by atoms with Crippen LogP contribution in [0.4, 0.5) is 0 Å². The van der Waals surface area contributed by atoms with Gasteiger partial charge in [-0.05, 0) is 5.56 Å². The van der Waals surface area contributed by atoms with Gasteiger partial charge in [0.2, 0.25) is 0 Å². The molecule has 1 aliphatic heterocycles. The molecule has 0 unspecified atom stereocenters. The van der Waals surface area contributed by atoms with Gasteiger partial charge in [-0.25, -0.2) is 9.78 Å². The zero-order chi connectivity index (χ0) is 9.42. The van der Waals surface area contributed by atoms with Crippen molar-refractivity contribution >= 4 is 0 Å². The van der Waals surface area contributed by atoms with Crippen LogP contribution >= 0.6 is 0 Å². The fourth-order valence-electron chi connectivity index (χ4n) is 0.883. The number of ether oxygens (including phenoxy) is 1. The highest BCUT2D eigenvalue weighted by Gasteiger charge is 2.20. The molecule has 1 aromatic heterocycles. The Hall–Kier alpha value is -1.16. The quantitative estimate of drug-likeness (QED) is 0.613. The van der Waals surface area contributed by atoms with Crippen molar-refractivity contribution in [3.63, 3.8) is 0 Å². The zero-order valence-corrected chi connectivity index (χ0v) is 5.76. The lowest BCUT2D eigenvalue weighted by molar-refractivity contribution is 0.00812. The standard InChI is InChI=1S/C7H8N2O2/c10-7-8-1-5(2-9-7)6-3-11-4-6/h1-2,6H,3-4H2,(H,8,9,10)/i1D,2D. The third-order valence-electron chi connectivity index (χ3n) is 1.63. The molecule has 0 radical (unpaired) electrons. The van der Waals surface area contributed by atoms with Crippen molar-refractivity contribution in [3.8, 4) is 0 Å². The first-order valence-corrected chi connectivity index (χ1v) is 3.33. The predicted molar refractivity (Wildman–Crippen MR) is 38.4 cm³/mol. The summed E-state index contributed by atoms with van der Waals surface area (Å²) in [6.07, 6.45) is -0.125. The number of rotatable bonds is 1. The first-order chi connectivity index (χ1) is 6.18. The molecule has 11 heavy (non-hydrogen) atoms. The Morgan fingerprint density at radius 3 is 3.18 bits per heavy atom. The molecule has 1 fully saturated rings. The summed E-state index contributed by atoms with van der Waals surface area (Å²) in [6, 6.07) is 0. The molecule has 2 heterocycles. The summed E-state index contributed by atoms with van der Waals surface area (Å²) in [5.74, 6) is 0.0457. The second-order valence-electron chi connectivity index (χ2n) is 2.43. The van der Waals surface area contributed by atoms with Gasteiger partial charge in [-0.2, -0.15) is 0 Å². The van der Waals surface area contributed by atoms with E-state index in [1.807, 2.05) is 0 Å². The number of nitrogens with one attached hydrogen (secondary N) is 1. The van der Waals surface area contributed by atoms with Crippen LogP contribution in [0.15, 0.2) is 17.1 Å². The molecule has 0 bridgehead atoms. The van der Waals surface area contributed by atoms with E-state index in [0.29, 0.717) is 18.8 Å². The Balaban J connectivity index is 2.49. The Kier molecular flexibility index (Phi) is 1.05. The highest BCUT2D eigenvalue weighted by Crippen LogP contribution is 2.21. The number of hydrogen-bond donors (Lipinski definition) is 1. The highest BCUT2D eigenvalue weighted by atomic mass is 16.5. The number of hydrogen-bond acceptors (Lipinski definition) is 3. The summed E-state index contributed by atoms with van der Waals surface area (Å²) in [5.41, 5.74) is -0.162. The zero-order valence-electron chi connectivity index (χ0n) is 7.76. The number of aromatic amines is 1. The van der Waals surface area contributed by atoms with E-state index in [4.69, 9.17) is 7.48 Å². The first-order valence-electron chi connectivity index (χ1n) is 4.33. The predicted octanol–water partition coefficient (Wildman–Crippen LogP) is -0.116. The molecule has 0 amide bonds. The summed E-state index contributed by atoms with van der Waals surface area (Å²) >= 11 is 0. The lowest BCUT2D eigenvalue weighted by Crippen LogP contribution is -2.26. The van der Waals surface area contributed by atoms with Crippen LogP contribution in [-0.2, 0) is 4.74 Å². The van der Waals surface area contributed by atoms with Gasteiger partial charge in [-0.3, -0.25) is 0 Å². The fourth-order valence-corrected chi connectivity index (χ4v) is 0.883. The Labute approximate surface area is 66.0 Å². The van der Waals surface area contributed by atoms with Crippen molar-refractivity contribution in [2.24, 2.45) is 0 Å². The van der Waals surface area contributed by atoms with Gasteiger partial charge in [0.25, 0.3) is 0 Å². The molecule has 0 aliphatic carbocycles.